The van der Waals surface area contributed by atoms with Crippen LogP contribution in [0.3, 0.4) is 0 Å². The van der Waals surface area contributed by atoms with E-state index >= 15 is 0 Å². The van der Waals surface area contributed by atoms with Gasteiger partial charge >= 0.3 is 6.09 Å². The summed E-state index contributed by atoms with van der Waals surface area (Å²) < 4.78 is 11.8. The van der Waals surface area contributed by atoms with Crippen molar-refractivity contribution in [2.75, 3.05) is 24.2 Å². The minimum atomic E-state index is -0.496. The Labute approximate surface area is 205 Å². The van der Waals surface area contributed by atoms with Crippen molar-refractivity contribution in [1.29, 1.82) is 5.26 Å². The number of rotatable bonds is 4. The highest BCUT2D eigenvalue weighted by atomic mass is 32.2. The fraction of sp³-hybridized carbons (Fsp3) is 0.520. The lowest BCUT2D eigenvalue weighted by atomic mass is 10.1. The lowest BCUT2D eigenvalue weighted by Gasteiger charge is -2.33. The number of benzene rings is 1. The van der Waals surface area contributed by atoms with E-state index in [1.807, 2.05) is 46.8 Å². The highest BCUT2D eigenvalue weighted by molar-refractivity contribution is 7.99. The summed E-state index contributed by atoms with van der Waals surface area (Å²) in [6.07, 6.45) is 2.19. The zero-order valence-corrected chi connectivity index (χ0v) is 21.2. The van der Waals surface area contributed by atoms with Crippen molar-refractivity contribution < 1.29 is 14.3 Å². The van der Waals surface area contributed by atoms with Gasteiger partial charge in [-0.3, -0.25) is 0 Å². The highest BCUT2D eigenvalue weighted by Gasteiger charge is 2.28. The van der Waals surface area contributed by atoms with Gasteiger partial charge in [-0.05, 0) is 70.7 Å². The third-order valence-electron chi connectivity index (χ3n) is 5.76. The molecular weight excluding hydrogens is 450 g/mol. The molecule has 0 saturated carbocycles. The SMILES string of the molecule is Cc1cc(C#N)cc(C)c1Oc1nc(NC2CCN(C(=O)OC(C)(C)C)CC2)nc2c1SCC2. The minimum absolute atomic E-state index is 0.164. The molecule has 0 unspecified atom stereocenters. The van der Waals surface area contributed by atoms with Gasteiger partial charge in [0.25, 0.3) is 0 Å². The van der Waals surface area contributed by atoms with E-state index in [9.17, 15) is 10.1 Å². The van der Waals surface area contributed by atoms with Crippen LogP contribution >= 0.6 is 11.8 Å². The Morgan fingerprint density at radius 3 is 2.50 bits per heavy atom. The van der Waals surface area contributed by atoms with E-state index in [0.717, 1.165) is 52.5 Å². The molecule has 0 bridgehead atoms. The van der Waals surface area contributed by atoms with Crippen molar-refractivity contribution in [3.05, 3.63) is 34.5 Å². The van der Waals surface area contributed by atoms with Crippen LogP contribution in [0.25, 0.3) is 0 Å². The molecule has 34 heavy (non-hydrogen) atoms. The summed E-state index contributed by atoms with van der Waals surface area (Å²) in [6.45, 7) is 10.8. The number of amides is 1. The summed E-state index contributed by atoms with van der Waals surface area (Å²) in [7, 11) is 0. The van der Waals surface area contributed by atoms with Crippen LogP contribution in [0.15, 0.2) is 17.0 Å². The fourth-order valence-corrected chi connectivity index (χ4v) is 5.18. The van der Waals surface area contributed by atoms with Gasteiger partial charge in [0.2, 0.25) is 11.8 Å². The molecule has 2 aliphatic rings. The van der Waals surface area contributed by atoms with Gasteiger partial charge in [-0.2, -0.15) is 10.2 Å². The number of hydrogen-bond donors (Lipinski definition) is 1. The number of ether oxygens (including phenoxy) is 2. The first kappa shape index (κ1) is 24.1. The van der Waals surface area contributed by atoms with Crippen LogP contribution < -0.4 is 10.1 Å². The zero-order valence-electron chi connectivity index (χ0n) is 20.4. The van der Waals surface area contributed by atoms with Gasteiger partial charge in [0.1, 0.15) is 11.4 Å². The maximum absolute atomic E-state index is 12.3. The normalized spacial score (nSPS) is 16.1. The van der Waals surface area contributed by atoms with E-state index < -0.39 is 5.60 Å². The quantitative estimate of drug-likeness (QED) is 0.635. The van der Waals surface area contributed by atoms with Gasteiger partial charge in [-0.1, -0.05) is 0 Å². The minimum Gasteiger partial charge on any atom is -0.444 e. The van der Waals surface area contributed by atoms with Crippen molar-refractivity contribution >= 4 is 23.8 Å². The number of thioether (sulfide) groups is 1. The number of aryl methyl sites for hydroxylation is 3. The van der Waals surface area contributed by atoms with E-state index in [-0.39, 0.29) is 12.1 Å². The molecular formula is C25H31N5O3S. The molecule has 0 radical (unpaired) electrons. The summed E-state index contributed by atoms with van der Waals surface area (Å²) in [5, 5.41) is 12.7. The molecule has 1 aromatic carbocycles. The number of likely N-dealkylation sites (tertiary alicyclic amines) is 1. The van der Waals surface area contributed by atoms with Gasteiger partial charge in [0.15, 0.2) is 0 Å². The molecule has 1 aromatic heterocycles. The predicted molar refractivity (Wildman–Crippen MR) is 132 cm³/mol. The number of piperidine rings is 1. The van der Waals surface area contributed by atoms with Crippen LogP contribution in [0.1, 0.15) is 56.0 Å². The second-order valence-electron chi connectivity index (χ2n) is 9.77. The first-order valence-electron chi connectivity index (χ1n) is 11.6. The number of carbonyl (C=O) groups excluding carboxylic acids is 1. The molecule has 180 valence electrons. The van der Waals surface area contributed by atoms with Gasteiger partial charge in [-0.15, -0.1) is 11.8 Å². The number of hydrogen-bond acceptors (Lipinski definition) is 8. The fourth-order valence-electron chi connectivity index (χ4n) is 4.16. The van der Waals surface area contributed by atoms with Crippen LogP contribution in [-0.2, 0) is 11.2 Å². The molecule has 1 amide bonds. The molecule has 0 aliphatic carbocycles. The number of fused-ring (bicyclic) bond motifs is 1. The molecule has 3 heterocycles. The standard InChI is InChI=1S/C25H31N5O3S/c1-15-12-17(14-26)13-16(2)20(15)32-22-21-19(8-11-34-21)28-23(29-22)27-18-6-9-30(10-7-18)24(31)33-25(3,4)5/h12-13,18H,6-11H2,1-5H3,(H,27,28,29). The van der Waals surface area contributed by atoms with Crippen molar-refractivity contribution in [1.82, 2.24) is 14.9 Å². The zero-order chi connectivity index (χ0) is 24.5. The van der Waals surface area contributed by atoms with Crippen molar-refractivity contribution in [2.45, 2.75) is 70.4 Å². The van der Waals surface area contributed by atoms with Gasteiger partial charge in [-0.25, -0.2) is 9.78 Å². The topological polar surface area (TPSA) is 100 Å². The van der Waals surface area contributed by atoms with Crippen LogP contribution in [0.5, 0.6) is 11.6 Å². The molecule has 8 nitrogen and oxygen atoms in total. The maximum atomic E-state index is 12.3. The Hall–Kier alpha value is -2.99. The van der Waals surface area contributed by atoms with E-state index in [0.29, 0.717) is 30.5 Å². The van der Waals surface area contributed by atoms with Gasteiger partial charge in [0.05, 0.1) is 22.2 Å². The Balaban J connectivity index is 1.48. The second-order valence-corrected chi connectivity index (χ2v) is 10.9. The van der Waals surface area contributed by atoms with E-state index in [1.165, 1.54) is 0 Å². The van der Waals surface area contributed by atoms with Crippen LogP contribution in [0.4, 0.5) is 10.7 Å². The number of nitriles is 1. The molecule has 4 rings (SSSR count). The van der Waals surface area contributed by atoms with Gasteiger partial charge < -0.3 is 19.7 Å². The average Bonchev–Trinajstić information content (AvgIpc) is 3.24. The summed E-state index contributed by atoms with van der Waals surface area (Å²) >= 11 is 1.71. The van der Waals surface area contributed by atoms with Crippen LogP contribution in [0.2, 0.25) is 0 Å². The van der Waals surface area contributed by atoms with E-state index in [4.69, 9.17) is 19.4 Å². The Bertz CT molecular complexity index is 1110. The molecule has 0 spiro atoms. The van der Waals surface area contributed by atoms with Crippen molar-refractivity contribution in [3.8, 4) is 17.7 Å². The van der Waals surface area contributed by atoms with Crippen LogP contribution in [-0.4, -0.2) is 51.4 Å². The third-order valence-corrected chi connectivity index (χ3v) is 6.87. The Morgan fingerprint density at radius 2 is 1.88 bits per heavy atom. The average molecular weight is 482 g/mol. The lowest BCUT2D eigenvalue weighted by molar-refractivity contribution is 0.0210. The number of nitrogens with zero attached hydrogens (tertiary/aromatic N) is 4. The maximum Gasteiger partial charge on any atom is 0.410 e. The smallest absolute Gasteiger partial charge is 0.410 e. The van der Waals surface area contributed by atoms with Gasteiger partial charge in [0, 0.05) is 31.3 Å². The number of anilines is 1. The largest absolute Gasteiger partial charge is 0.444 e. The molecule has 1 saturated heterocycles. The van der Waals surface area contributed by atoms with Crippen molar-refractivity contribution in [2.24, 2.45) is 0 Å². The van der Waals surface area contributed by atoms with E-state index in [1.54, 1.807) is 16.7 Å². The summed E-state index contributed by atoms with van der Waals surface area (Å²) in [6, 6.07) is 6.01. The first-order chi connectivity index (χ1) is 16.1. The Kier molecular flexibility index (Phi) is 6.89. The second kappa shape index (κ2) is 9.71. The molecule has 2 aromatic rings. The predicted octanol–water partition coefficient (Wildman–Crippen LogP) is 5.22. The molecule has 0 atom stereocenters. The molecule has 2 aliphatic heterocycles. The highest BCUT2D eigenvalue weighted by Crippen LogP contribution is 2.41. The summed E-state index contributed by atoms with van der Waals surface area (Å²) in [5.74, 6) is 2.78. The number of nitrogens with one attached hydrogen (secondary N) is 1. The van der Waals surface area contributed by atoms with Crippen molar-refractivity contribution in [3.63, 3.8) is 0 Å². The summed E-state index contributed by atoms with van der Waals surface area (Å²) in [5.41, 5.74) is 2.91. The molecule has 9 heteroatoms. The van der Waals surface area contributed by atoms with E-state index in [2.05, 4.69) is 11.4 Å². The number of aromatic nitrogens is 2. The summed E-state index contributed by atoms with van der Waals surface area (Å²) in [4.78, 5) is 24.6. The monoisotopic (exact) mass is 481 g/mol. The number of carbonyl (C=O) groups is 1. The third kappa shape index (κ3) is 5.55. The Morgan fingerprint density at radius 1 is 1.21 bits per heavy atom. The lowest BCUT2D eigenvalue weighted by Crippen LogP contribution is -2.44. The van der Waals surface area contributed by atoms with Crippen LogP contribution in [0, 0.1) is 25.2 Å². The molecule has 1 fully saturated rings. The molecule has 1 N–H and O–H groups in total. The first-order valence-corrected chi connectivity index (χ1v) is 12.6.